The average molecular weight is 387 g/mol. The van der Waals surface area contributed by atoms with E-state index in [1.807, 2.05) is 30.3 Å². The number of rotatable bonds is 7. The number of hydrogen-bond donors (Lipinski definition) is 2. The van der Waals surface area contributed by atoms with Crippen LogP contribution in [0.5, 0.6) is 0 Å². The Morgan fingerprint density at radius 1 is 1.04 bits per heavy atom. The molecule has 0 unspecified atom stereocenters. The Hall–Kier alpha value is -1.60. The standard InChI is InChI=1S/C16H16Cl2N2O3S/c17-13-6-7-14(18)15(10-13)24(22,23)20-11-16(21)19-9-8-12-4-2-1-3-5-12/h1-7,10,20H,8-9,11H2,(H,19,21). The number of nitrogens with one attached hydrogen (secondary N) is 2. The largest absolute Gasteiger partial charge is 0.355 e. The molecule has 0 atom stereocenters. The van der Waals surface area contributed by atoms with Crippen LogP contribution in [0, 0.1) is 0 Å². The zero-order chi connectivity index (χ0) is 17.6. The van der Waals surface area contributed by atoms with Gasteiger partial charge < -0.3 is 5.32 Å². The molecule has 5 nitrogen and oxygen atoms in total. The number of hydrogen-bond acceptors (Lipinski definition) is 3. The van der Waals surface area contributed by atoms with Crippen molar-refractivity contribution in [3.8, 4) is 0 Å². The molecule has 0 saturated heterocycles. The van der Waals surface area contributed by atoms with Crippen LogP contribution < -0.4 is 10.0 Å². The van der Waals surface area contributed by atoms with Crippen LogP contribution in [0.25, 0.3) is 0 Å². The summed E-state index contributed by atoms with van der Waals surface area (Å²) in [5.74, 6) is -0.423. The highest BCUT2D eigenvalue weighted by molar-refractivity contribution is 7.89. The molecule has 8 heteroatoms. The molecule has 0 aliphatic carbocycles. The molecule has 128 valence electrons. The molecule has 0 radical (unpaired) electrons. The Kier molecular flexibility index (Phi) is 6.62. The predicted molar refractivity (Wildman–Crippen MR) is 94.8 cm³/mol. The number of benzene rings is 2. The van der Waals surface area contributed by atoms with Gasteiger partial charge in [-0.25, -0.2) is 13.1 Å². The monoisotopic (exact) mass is 386 g/mol. The summed E-state index contributed by atoms with van der Waals surface area (Å²) in [6.07, 6.45) is 0.666. The molecular formula is C16H16Cl2N2O3S. The van der Waals surface area contributed by atoms with Gasteiger partial charge in [-0.1, -0.05) is 53.5 Å². The molecule has 2 aromatic carbocycles. The van der Waals surface area contributed by atoms with E-state index in [4.69, 9.17) is 23.2 Å². The van der Waals surface area contributed by atoms with E-state index in [0.29, 0.717) is 13.0 Å². The van der Waals surface area contributed by atoms with Crippen molar-refractivity contribution in [1.82, 2.24) is 10.0 Å². The van der Waals surface area contributed by atoms with Crippen molar-refractivity contribution in [1.29, 1.82) is 0 Å². The molecular weight excluding hydrogens is 371 g/mol. The number of halogens is 2. The molecule has 0 fully saturated rings. The average Bonchev–Trinajstić information content (AvgIpc) is 2.56. The molecule has 2 aromatic rings. The Morgan fingerprint density at radius 3 is 2.46 bits per heavy atom. The highest BCUT2D eigenvalue weighted by atomic mass is 35.5. The summed E-state index contributed by atoms with van der Waals surface area (Å²) in [6, 6.07) is 13.8. The lowest BCUT2D eigenvalue weighted by Crippen LogP contribution is -2.37. The van der Waals surface area contributed by atoms with Crippen LogP contribution >= 0.6 is 23.2 Å². The van der Waals surface area contributed by atoms with Crippen molar-refractivity contribution in [2.24, 2.45) is 0 Å². The highest BCUT2D eigenvalue weighted by Gasteiger charge is 2.19. The fourth-order valence-electron chi connectivity index (χ4n) is 1.97. The third-order valence-corrected chi connectivity index (χ3v) is 5.30. The number of carbonyl (C=O) groups excluding carboxylic acids is 1. The van der Waals surface area contributed by atoms with Gasteiger partial charge in [0.15, 0.2) is 0 Å². The first-order valence-electron chi connectivity index (χ1n) is 7.14. The second-order valence-corrected chi connectivity index (χ2v) is 7.56. The summed E-state index contributed by atoms with van der Waals surface area (Å²) < 4.78 is 26.6. The summed E-state index contributed by atoms with van der Waals surface area (Å²) >= 11 is 11.7. The third-order valence-electron chi connectivity index (χ3n) is 3.18. The molecule has 0 bridgehead atoms. The van der Waals surface area contributed by atoms with Crippen molar-refractivity contribution < 1.29 is 13.2 Å². The SMILES string of the molecule is O=C(CNS(=O)(=O)c1cc(Cl)ccc1Cl)NCCc1ccccc1. The first-order chi connectivity index (χ1) is 11.4. The van der Waals surface area contributed by atoms with Gasteiger partial charge in [0.2, 0.25) is 15.9 Å². The van der Waals surface area contributed by atoms with Crippen molar-refractivity contribution in [2.45, 2.75) is 11.3 Å². The van der Waals surface area contributed by atoms with E-state index in [0.717, 1.165) is 5.56 Å². The van der Waals surface area contributed by atoms with Crippen LogP contribution in [0.3, 0.4) is 0 Å². The third kappa shape index (κ3) is 5.49. The molecule has 0 saturated carbocycles. The van der Waals surface area contributed by atoms with Gasteiger partial charge in [0.05, 0.1) is 11.6 Å². The topological polar surface area (TPSA) is 75.3 Å². The molecule has 0 aliphatic rings. The van der Waals surface area contributed by atoms with E-state index in [1.165, 1.54) is 18.2 Å². The Bertz CT molecular complexity index is 811. The predicted octanol–water partition coefficient (Wildman–Crippen LogP) is 2.63. The molecule has 0 aromatic heterocycles. The molecule has 2 N–H and O–H groups in total. The van der Waals surface area contributed by atoms with Crippen LogP contribution in [0.4, 0.5) is 0 Å². The van der Waals surface area contributed by atoms with E-state index < -0.39 is 15.9 Å². The van der Waals surface area contributed by atoms with Gasteiger partial charge in [-0.15, -0.1) is 0 Å². The Morgan fingerprint density at radius 2 is 1.75 bits per heavy atom. The maximum atomic E-state index is 12.2. The van der Waals surface area contributed by atoms with Gasteiger partial charge in [0.1, 0.15) is 4.90 Å². The summed E-state index contributed by atoms with van der Waals surface area (Å²) in [5, 5.41) is 2.94. The first kappa shape index (κ1) is 18.7. The number of sulfonamides is 1. The van der Waals surface area contributed by atoms with Crippen molar-refractivity contribution in [2.75, 3.05) is 13.1 Å². The molecule has 2 rings (SSSR count). The van der Waals surface area contributed by atoms with Crippen LogP contribution in [-0.2, 0) is 21.2 Å². The fourth-order valence-corrected chi connectivity index (χ4v) is 3.72. The summed E-state index contributed by atoms with van der Waals surface area (Å²) in [5.41, 5.74) is 1.09. The normalized spacial score (nSPS) is 11.2. The highest BCUT2D eigenvalue weighted by Crippen LogP contribution is 2.24. The van der Waals surface area contributed by atoms with Gasteiger partial charge in [0, 0.05) is 11.6 Å². The maximum Gasteiger partial charge on any atom is 0.242 e. The number of carbonyl (C=O) groups is 1. The van der Waals surface area contributed by atoms with Gasteiger partial charge in [-0.3, -0.25) is 4.79 Å². The smallest absolute Gasteiger partial charge is 0.242 e. The van der Waals surface area contributed by atoms with E-state index in [9.17, 15) is 13.2 Å². The van der Waals surface area contributed by atoms with Gasteiger partial charge >= 0.3 is 0 Å². The first-order valence-corrected chi connectivity index (χ1v) is 9.38. The summed E-state index contributed by atoms with van der Waals surface area (Å²) in [4.78, 5) is 11.6. The number of amides is 1. The van der Waals surface area contributed by atoms with E-state index in [2.05, 4.69) is 10.0 Å². The lowest BCUT2D eigenvalue weighted by Gasteiger charge is -2.09. The maximum absolute atomic E-state index is 12.2. The summed E-state index contributed by atoms with van der Waals surface area (Å²) in [6.45, 7) is 0.0441. The molecule has 0 heterocycles. The second kappa shape index (κ2) is 8.48. The van der Waals surface area contributed by atoms with Crippen LogP contribution in [0.15, 0.2) is 53.4 Å². The van der Waals surface area contributed by atoms with Crippen LogP contribution in [-0.4, -0.2) is 27.4 Å². The Labute approximate surface area is 151 Å². The molecule has 1 amide bonds. The van der Waals surface area contributed by atoms with Crippen molar-refractivity contribution in [3.63, 3.8) is 0 Å². The zero-order valence-electron chi connectivity index (χ0n) is 12.6. The van der Waals surface area contributed by atoms with Gasteiger partial charge in [-0.2, -0.15) is 0 Å². The molecule has 0 aliphatic heterocycles. The van der Waals surface area contributed by atoms with E-state index in [-0.39, 0.29) is 21.5 Å². The van der Waals surface area contributed by atoms with Crippen molar-refractivity contribution >= 4 is 39.1 Å². The lowest BCUT2D eigenvalue weighted by molar-refractivity contribution is -0.119. The minimum absolute atomic E-state index is 0.0383. The van der Waals surface area contributed by atoms with Crippen LogP contribution in [0.1, 0.15) is 5.56 Å². The van der Waals surface area contributed by atoms with Crippen molar-refractivity contribution in [3.05, 3.63) is 64.1 Å². The van der Waals surface area contributed by atoms with E-state index in [1.54, 1.807) is 0 Å². The molecule has 24 heavy (non-hydrogen) atoms. The lowest BCUT2D eigenvalue weighted by atomic mass is 10.1. The second-order valence-electron chi connectivity index (χ2n) is 4.98. The quantitative estimate of drug-likeness (QED) is 0.767. The zero-order valence-corrected chi connectivity index (χ0v) is 15.0. The minimum Gasteiger partial charge on any atom is -0.355 e. The fraction of sp³-hybridized carbons (Fsp3) is 0.188. The van der Waals surface area contributed by atoms with E-state index >= 15 is 0 Å². The van der Waals surface area contributed by atoms with Crippen LogP contribution in [0.2, 0.25) is 10.0 Å². The Balaban J connectivity index is 1.85. The van der Waals surface area contributed by atoms with Gasteiger partial charge in [0.25, 0.3) is 0 Å². The minimum atomic E-state index is -3.91. The van der Waals surface area contributed by atoms with Gasteiger partial charge in [-0.05, 0) is 30.2 Å². The summed E-state index contributed by atoms with van der Waals surface area (Å²) in [7, 11) is -3.91. The molecule has 0 spiro atoms.